The third-order valence-electron chi connectivity index (χ3n) is 4.94. The predicted octanol–water partition coefficient (Wildman–Crippen LogP) is 1.12. The van der Waals surface area contributed by atoms with Crippen molar-refractivity contribution in [2.75, 3.05) is 39.5 Å². The van der Waals surface area contributed by atoms with Crippen LogP contribution in [0.5, 0.6) is 0 Å². The predicted molar refractivity (Wildman–Crippen MR) is 108 cm³/mol. The molecule has 3 heterocycles. The van der Waals surface area contributed by atoms with Gasteiger partial charge in [0.1, 0.15) is 0 Å². The molecule has 0 amide bonds. The van der Waals surface area contributed by atoms with E-state index in [4.69, 9.17) is 9.47 Å². The number of nitrogens with one attached hydrogen (secondary N) is 1. The maximum atomic E-state index is 12.5. The molecular weight excluding hydrogens is 396 g/mol. The molecule has 1 aromatic heterocycles. The largest absolute Gasteiger partial charge is 0.481 e. The van der Waals surface area contributed by atoms with Crippen LogP contribution in [0.3, 0.4) is 0 Å². The summed E-state index contributed by atoms with van der Waals surface area (Å²) in [5, 5.41) is 15.2. The maximum absolute atomic E-state index is 12.5. The first-order valence-electron chi connectivity index (χ1n) is 9.64. The lowest BCUT2D eigenvalue weighted by molar-refractivity contribution is -0.142. The number of aliphatic carboxylic acids is 1. The highest BCUT2D eigenvalue weighted by Gasteiger charge is 2.30. The molecule has 2 atom stereocenters. The molecule has 0 aromatic carbocycles. The van der Waals surface area contributed by atoms with Crippen LogP contribution in [0.2, 0.25) is 0 Å². The molecule has 2 unspecified atom stereocenters. The monoisotopic (exact) mass is 422 g/mol. The zero-order valence-corrected chi connectivity index (χ0v) is 17.4. The molecule has 0 spiro atoms. The Hall–Kier alpha value is -2.30. The molecule has 29 heavy (non-hydrogen) atoms. The van der Waals surface area contributed by atoms with Gasteiger partial charge in [-0.05, 0) is 13.3 Å². The Balaban J connectivity index is 1.80. The van der Waals surface area contributed by atoms with Crippen LogP contribution in [0.25, 0.3) is 0 Å². The van der Waals surface area contributed by atoms with Crippen molar-refractivity contribution in [2.24, 2.45) is 10.9 Å². The highest BCUT2D eigenvalue weighted by molar-refractivity contribution is 7.11. The van der Waals surface area contributed by atoms with Gasteiger partial charge in [0.2, 0.25) is 0 Å². The summed E-state index contributed by atoms with van der Waals surface area (Å²) in [5.74, 6) is -1.06. The lowest BCUT2D eigenvalue weighted by Gasteiger charge is -2.37. The van der Waals surface area contributed by atoms with Gasteiger partial charge in [-0.25, -0.2) is 9.78 Å². The Morgan fingerprint density at radius 2 is 2.34 bits per heavy atom. The number of carboxylic acids is 1. The highest BCUT2D eigenvalue weighted by Crippen LogP contribution is 2.21. The van der Waals surface area contributed by atoms with E-state index >= 15 is 0 Å². The lowest BCUT2D eigenvalue weighted by Crippen LogP contribution is -2.49. The quantitative estimate of drug-likeness (QED) is 0.599. The number of hydrogen-bond donors (Lipinski definition) is 2. The first-order valence-corrected chi connectivity index (χ1v) is 10.5. The van der Waals surface area contributed by atoms with Crippen molar-refractivity contribution in [1.29, 1.82) is 0 Å². The van der Waals surface area contributed by atoms with Crippen LogP contribution in [0, 0.1) is 5.92 Å². The molecule has 2 aliphatic rings. The number of aliphatic imine (C=N–C) groups is 1. The summed E-state index contributed by atoms with van der Waals surface area (Å²) in [6.07, 6.45) is 2.19. The van der Waals surface area contributed by atoms with Gasteiger partial charge < -0.3 is 19.9 Å². The number of ether oxygens (including phenoxy) is 2. The molecule has 158 valence electrons. The van der Waals surface area contributed by atoms with E-state index in [0.717, 1.165) is 10.7 Å². The number of thiazole rings is 1. The molecule has 0 bridgehead atoms. The second kappa shape index (κ2) is 9.95. The summed E-state index contributed by atoms with van der Waals surface area (Å²) in [6, 6.07) is -0.0465. The van der Waals surface area contributed by atoms with Crippen molar-refractivity contribution in [3.05, 3.63) is 27.9 Å². The standard InChI is InChI=1S/C19H26N4O5S/c1-3-28-19(26)14-9-21-16(17-20-4-7-29-17)22-15(14)10-23-5-6-27-11-13(23)8-12(2)18(24)25/h4,7,12-13H,3,5-6,8-11H2,1-2H3,(H,21,22)(H,24,25). The Kier molecular flexibility index (Phi) is 7.34. The van der Waals surface area contributed by atoms with Crippen LogP contribution in [0.15, 0.2) is 27.8 Å². The minimum atomic E-state index is -0.823. The van der Waals surface area contributed by atoms with Gasteiger partial charge in [-0.3, -0.25) is 14.7 Å². The summed E-state index contributed by atoms with van der Waals surface area (Å²) >= 11 is 1.47. The van der Waals surface area contributed by atoms with Gasteiger partial charge in [0, 0.05) is 36.4 Å². The molecule has 9 nitrogen and oxygen atoms in total. The summed E-state index contributed by atoms with van der Waals surface area (Å²) in [4.78, 5) is 34.7. The van der Waals surface area contributed by atoms with E-state index in [1.54, 1.807) is 20.0 Å². The fourth-order valence-electron chi connectivity index (χ4n) is 3.34. The summed E-state index contributed by atoms with van der Waals surface area (Å²) in [7, 11) is 0. The average molecular weight is 423 g/mol. The zero-order chi connectivity index (χ0) is 20.8. The zero-order valence-electron chi connectivity index (χ0n) is 16.6. The molecule has 0 radical (unpaired) electrons. The number of aromatic nitrogens is 1. The van der Waals surface area contributed by atoms with E-state index in [9.17, 15) is 14.7 Å². The van der Waals surface area contributed by atoms with E-state index in [-0.39, 0.29) is 25.2 Å². The van der Waals surface area contributed by atoms with E-state index in [1.165, 1.54) is 11.3 Å². The van der Waals surface area contributed by atoms with Gasteiger partial charge in [0.25, 0.3) is 0 Å². The third-order valence-corrected chi connectivity index (χ3v) is 5.72. The third kappa shape index (κ3) is 5.40. The van der Waals surface area contributed by atoms with Gasteiger partial charge in [-0.2, -0.15) is 0 Å². The Morgan fingerprint density at radius 1 is 1.52 bits per heavy atom. The van der Waals surface area contributed by atoms with Crippen LogP contribution in [0.1, 0.15) is 25.3 Å². The molecule has 1 aromatic rings. The average Bonchev–Trinajstić information content (AvgIpc) is 3.24. The van der Waals surface area contributed by atoms with Gasteiger partial charge in [0.15, 0.2) is 10.8 Å². The smallest absolute Gasteiger partial charge is 0.337 e. The number of carbonyl (C=O) groups excluding carboxylic acids is 1. The minimum absolute atomic E-state index is 0.0465. The van der Waals surface area contributed by atoms with Crippen LogP contribution >= 0.6 is 11.3 Å². The lowest BCUT2D eigenvalue weighted by atomic mass is 10.00. The number of amidine groups is 1. The second-order valence-corrected chi connectivity index (χ2v) is 7.87. The topological polar surface area (TPSA) is 113 Å². The van der Waals surface area contributed by atoms with Crippen molar-refractivity contribution >= 4 is 29.1 Å². The number of morpholine rings is 1. The van der Waals surface area contributed by atoms with Crippen molar-refractivity contribution in [1.82, 2.24) is 15.2 Å². The van der Waals surface area contributed by atoms with E-state index in [0.29, 0.717) is 44.1 Å². The van der Waals surface area contributed by atoms with Gasteiger partial charge in [0.05, 0.1) is 37.9 Å². The molecule has 2 N–H and O–H groups in total. The van der Waals surface area contributed by atoms with Gasteiger partial charge in [-0.15, -0.1) is 11.3 Å². The van der Waals surface area contributed by atoms with Crippen molar-refractivity contribution in [3.8, 4) is 0 Å². The van der Waals surface area contributed by atoms with Crippen LogP contribution < -0.4 is 5.32 Å². The second-order valence-electron chi connectivity index (χ2n) is 6.98. The molecular formula is C19H26N4O5S. The Bertz CT molecular complexity index is 793. The molecule has 0 aliphatic carbocycles. The fourth-order valence-corrected chi connectivity index (χ4v) is 3.94. The SMILES string of the molecule is CCOC(=O)C1=C(CN2CCOCC2CC(C)C(=O)O)NC(c2nccs2)=NC1. The fraction of sp³-hybridized carbons (Fsp3) is 0.579. The molecule has 1 fully saturated rings. The normalized spacial score (nSPS) is 21.3. The summed E-state index contributed by atoms with van der Waals surface area (Å²) in [5.41, 5.74) is 1.21. The molecule has 10 heteroatoms. The van der Waals surface area contributed by atoms with Crippen LogP contribution in [0.4, 0.5) is 0 Å². The number of rotatable bonds is 8. The summed E-state index contributed by atoms with van der Waals surface area (Å²) < 4.78 is 10.8. The van der Waals surface area contributed by atoms with Gasteiger partial charge >= 0.3 is 11.9 Å². The van der Waals surface area contributed by atoms with Crippen molar-refractivity contribution < 1.29 is 24.2 Å². The van der Waals surface area contributed by atoms with Crippen LogP contribution in [-0.4, -0.2) is 78.3 Å². The number of hydrogen-bond acceptors (Lipinski definition) is 9. The number of nitrogens with zero attached hydrogens (tertiary/aromatic N) is 3. The minimum Gasteiger partial charge on any atom is -0.481 e. The highest BCUT2D eigenvalue weighted by atomic mass is 32.1. The van der Waals surface area contributed by atoms with Crippen molar-refractivity contribution in [2.45, 2.75) is 26.3 Å². The number of esters is 1. The van der Waals surface area contributed by atoms with E-state index < -0.39 is 11.9 Å². The Morgan fingerprint density at radius 3 is 3.03 bits per heavy atom. The molecule has 3 rings (SSSR count). The number of carbonyl (C=O) groups is 2. The first kappa shape index (κ1) is 21.4. The first-order chi connectivity index (χ1) is 14.0. The molecule has 1 saturated heterocycles. The van der Waals surface area contributed by atoms with Gasteiger partial charge in [-0.1, -0.05) is 6.92 Å². The maximum Gasteiger partial charge on any atom is 0.337 e. The van der Waals surface area contributed by atoms with E-state index in [1.807, 2.05) is 5.38 Å². The molecule has 2 aliphatic heterocycles. The number of carboxylic acid groups (broad SMARTS) is 1. The van der Waals surface area contributed by atoms with Crippen molar-refractivity contribution in [3.63, 3.8) is 0 Å². The summed E-state index contributed by atoms with van der Waals surface area (Å²) in [6.45, 7) is 6.11. The van der Waals surface area contributed by atoms with Crippen LogP contribution in [-0.2, 0) is 19.1 Å². The van der Waals surface area contributed by atoms with E-state index in [2.05, 4.69) is 20.2 Å². The molecule has 0 saturated carbocycles. The Labute approximate surface area is 173 Å².